The van der Waals surface area contributed by atoms with E-state index in [0.717, 1.165) is 48.4 Å². The van der Waals surface area contributed by atoms with Gasteiger partial charge in [-0.2, -0.15) is 0 Å². The largest absolute Gasteiger partial charge is 0.326 e. The average molecular weight is 370 g/mol. The summed E-state index contributed by atoms with van der Waals surface area (Å²) >= 11 is 6.04. The summed E-state index contributed by atoms with van der Waals surface area (Å²) in [5.41, 5.74) is 3.27. The predicted octanol–water partition coefficient (Wildman–Crippen LogP) is 4.77. The Kier molecular flexibility index (Phi) is 4.88. The van der Waals surface area contributed by atoms with E-state index in [0.29, 0.717) is 6.04 Å². The molecule has 1 saturated heterocycles. The number of fused-ring (bicyclic) bond motifs is 1. The smallest absolute Gasteiger partial charge is 0.306 e. The van der Waals surface area contributed by atoms with Crippen LogP contribution in [0.1, 0.15) is 43.8 Å². The maximum Gasteiger partial charge on any atom is 0.326 e. The monoisotopic (exact) mass is 369 g/mol. The second-order valence-corrected chi connectivity index (χ2v) is 7.50. The number of piperidine rings is 1. The number of rotatable bonds is 4. The molecule has 1 unspecified atom stereocenters. The van der Waals surface area contributed by atoms with Gasteiger partial charge in [-0.1, -0.05) is 42.8 Å². The van der Waals surface area contributed by atoms with Crippen LogP contribution in [-0.4, -0.2) is 27.5 Å². The van der Waals surface area contributed by atoms with Crippen molar-refractivity contribution in [3.63, 3.8) is 0 Å². The number of hydrogen-bond donors (Lipinski definition) is 1. The fourth-order valence-corrected chi connectivity index (χ4v) is 4.41. The van der Waals surface area contributed by atoms with Crippen molar-refractivity contribution in [2.75, 3.05) is 13.1 Å². The second-order valence-electron chi connectivity index (χ2n) is 7.06. The van der Waals surface area contributed by atoms with Crippen molar-refractivity contribution < 1.29 is 0 Å². The highest BCUT2D eigenvalue weighted by molar-refractivity contribution is 6.30. The second kappa shape index (κ2) is 7.29. The van der Waals surface area contributed by atoms with Gasteiger partial charge in [-0.05, 0) is 49.1 Å². The lowest BCUT2D eigenvalue weighted by molar-refractivity contribution is 0.131. The molecule has 26 heavy (non-hydrogen) atoms. The number of hydrogen-bond acceptors (Lipinski definition) is 2. The maximum atomic E-state index is 12.4. The van der Waals surface area contributed by atoms with E-state index in [1.807, 2.05) is 41.0 Å². The van der Waals surface area contributed by atoms with Gasteiger partial charge in [0.25, 0.3) is 0 Å². The lowest BCUT2D eigenvalue weighted by Gasteiger charge is -2.37. The van der Waals surface area contributed by atoms with Crippen LogP contribution in [0.15, 0.2) is 53.3 Å². The summed E-state index contributed by atoms with van der Waals surface area (Å²) in [7, 11) is 0. The Labute approximate surface area is 158 Å². The standard InChI is InChI=1S/C21H24ClN3O/c1-2-19(15-7-9-16(22)10-8-15)24-13-11-17(12-14-24)25-20-6-4-3-5-18(20)23-21(25)26/h3-10,17,19H,2,11-14H2,1H3,(H,23,26). The molecule has 5 heteroatoms. The van der Waals surface area contributed by atoms with Crippen LogP contribution in [-0.2, 0) is 0 Å². The van der Waals surface area contributed by atoms with Gasteiger partial charge in [0.2, 0.25) is 0 Å². The summed E-state index contributed by atoms with van der Waals surface area (Å²) in [6, 6.07) is 16.8. The van der Waals surface area contributed by atoms with Crippen molar-refractivity contribution in [2.24, 2.45) is 0 Å². The molecule has 0 aliphatic carbocycles. The summed E-state index contributed by atoms with van der Waals surface area (Å²) < 4.78 is 1.95. The third-order valence-electron chi connectivity index (χ3n) is 5.57. The van der Waals surface area contributed by atoms with Crippen LogP contribution in [0.4, 0.5) is 0 Å². The first-order valence-electron chi connectivity index (χ1n) is 9.36. The number of nitrogens with zero attached hydrogens (tertiary/aromatic N) is 2. The summed E-state index contributed by atoms with van der Waals surface area (Å²) in [5, 5.41) is 0.779. The van der Waals surface area contributed by atoms with Crippen molar-refractivity contribution in [1.29, 1.82) is 0 Å². The van der Waals surface area contributed by atoms with Crippen LogP contribution in [0.5, 0.6) is 0 Å². The van der Waals surface area contributed by atoms with Crippen molar-refractivity contribution in [1.82, 2.24) is 14.5 Å². The SMILES string of the molecule is CCC(c1ccc(Cl)cc1)N1CCC(n2c(=O)[nH]c3ccccc32)CC1. The molecule has 4 nitrogen and oxygen atoms in total. The number of benzene rings is 2. The number of aromatic nitrogens is 2. The van der Waals surface area contributed by atoms with Crippen LogP contribution in [0.3, 0.4) is 0 Å². The van der Waals surface area contributed by atoms with Gasteiger partial charge in [0.15, 0.2) is 0 Å². The van der Waals surface area contributed by atoms with Gasteiger partial charge in [-0.3, -0.25) is 9.47 Å². The number of para-hydroxylation sites is 2. The number of halogens is 1. The van der Waals surface area contributed by atoms with Gasteiger partial charge < -0.3 is 4.98 Å². The van der Waals surface area contributed by atoms with Crippen LogP contribution in [0.25, 0.3) is 11.0 Å². The molecule has 1 aromatic heterocycles. The van der Waals surface area contributed by atoms with E-state index in [1.165, 1.54) is 5.56 Å². The van der Waals surface area contributed by atoms with Crippen LogP contribution < -0.4 is 5.69 Å². The van der Waals surface area contributed by atoms with E-state index < -0.39 is 0 Å². The molecular weight excluding hydrogens is 346 g/mol. The molecule has 2 aromatic carbocycles. The van der Waals surface area contributed by atoms with Crippen LogP contribution in [0, 0.1) is 0 Å². The molecule has 0 amide bonds. The van der Waals surface area contributed by atoms with Crippen LogP contribution >= 0.6 is 11.6 Å². The maximum absolute atomic E-state index is 12.4. The Morgan fingerprint density at radius 3 is 2.50 bits per heavy atom. The number of likely N-dealkylation sites (tertiary alicyclic amines) is 1. The van der Waals surface area contributed by atoms with Gasteiger partial charge in [0.05, 0.1) is 11.0 Å². The molecule has 1 atom stereocenters. The molecule has 0 bridgehead atoms. The topological polar surface area (TPSA) is 41.0 Å². The van der Waals surface area contributed by atoms with Crippen molar-refractivity contribution in [3.8, 4) is 0 Å². The minimum atomic E-state index is 0.00870. The van der Waals surface area contributed by atoms with Gasteiger partial charge in [-0.25, -0.2) is 4.79 Å². The highest BCUT2D eigenvalue weighted by atomic mass is 35.5. The van der Waals surface area contributed by atoms with E-state index in [4.69, 9.17) is 11.6 Å². The van der Waals surface area contributed by atoms with Crippen molar-refractivity contribution in [3.05, 3.63) is 69.6 Å². The number of aromatic amines is 1. The summed E-state index contributed by atoms with van der Waals surface area (Å²) in [6.45, 7) is 4.23. The molecular formula is C21H24ClN3O. The first-order chi connectivity index (χ1) is 12.7. The third kappa shape index (κ3) is 3.19. The van der Waals surface area contributed by atoms with Gasteiger partial charge in [0.1, 0.15) is 0 Å². The number of nitrogens with one attached hydrogen (secondary N) is 1. The first-order valence-corrected chi connectivity index (χ1v) is 9.74. The lowest BCUT2D eigenvalue weighted by atomic mass is 9.97. The van der Waals surface area contributed by atoms with E-state index in [2.05, 4.69) is 28.9 Å². The Morgan fingerprint density at radius 1 is 1.12 bits per heavy atom. The minimum Gasteiger partial charge on any atom is -0.306 e. The van der Waals surface area contributed by atoms with Crippen molar-refractivity contribution >= 4 is 22.6 Å². The molecule has 0 saturated carbocycles. The third-order valence-corrected chi connectivity index (χ3v) is 5.82. The summed E-state index contributed by atoms with van der Waals surface area (Å²) in [5.74, 6) is 0. The predicted molar refractivity (Wildman–Crippen MR) is 107 cm³/mol. The normalized spacial score (nSPS) is 17.6. The van der Waals surface area contributed by atoms with Gasteiger partial charge in [-0.15, -0.1) is 0 Å². The van der Waals surface area contributed by atoms with E-state index >= 15 is 0 Å². The van der Waals surface area contributed by atoms with E-state index in [1.54, 1.807) is 0 Å². The fourth-order valence-electron chi connectivity index (χ4n) is 4.28. The highest BCUT2D eigenvalue weighted by Gasteiger charge is 2.27. The average Bonchev–Trinajstić information content (AvgIpc) is 3.00. The zero-order valence-electron chi connectivity index (χ0n) is 15.0. The Hall–Kier alpha value is -2.04. The summed E-state index contributed by atoms with van der Waals surface area (Å²) in [4.78, 5) is 18.0. The first kappa shape index (κ1) is 17.4. The highest BCUT2D eigenvalue weighted by Crippen LogP contribution is 2.32. The summed E-state index contributed by atoms with van der Waals surface area (Å²) in [6.07, 6.45) is 3.05. The molecule has 1 fully saturated rings. The van der Waals surface area contributed by atoms with E-state index in [9.17, 15) is 4.79 Å². The molecule has 0 radical (unpaired) electrons. The van der Waals surface area contributed by atoms with Crippen molar-refractivity contribution in [2.45, 2.75) is 38.3 Å². The zero-order valence-corrected chi connectivity index (χ0v) is 15.7. The Balaban J connectivity index is 1.52. The number of H-pyrrole nitrogens is 1. The molecule has 3 aromatic rings. The minimum absolute atomic E-state index is 0.00870. The van der Waals surface area contributed by atoms with Gasteiger partial charge in [0, 0.05) is 30.2 Å². The molecule has 4 rings (SSSR count). The molecule has 1 aliphatic rings. The molecule has 136 valence electrons. The van der Waals surface area contributed by atoms with Crippen LogP contribution in [0.2, 0.25) is 5.02 Å². The fraction of sp³-hybridized carbons (Fsp3) is 0.381. The van der Waals surface area contributed by atoms with E-state index in [-0.39, 0.29) is 11.7 Å². The molecule has 2 heterocycles. The number of imidazole rings is 1. The Morgan fingerprint density at radius 2 is 1.81 bits per heavy atom. The van der Waals surface area contributed by atoms with Gasteiger partial charge >= 0.3 is 5.69 Å². The lowest BCUT2D eigenvalue weighted by Crippen LogP contribution is -2.39. The quantitative estimate of drug-likeness (QED) is 0.719. The zero-order chi connectivity index (χ0) is 18.1. The molecule has 0 spiro atoms. The molecule has 1 aliphatic heterocycles. The Bertz CT molecular complexity index is 936. The molecule has 1 N–H and O–H groups in total.